The number of rotatable bonds is 9. The van der Waals surface area contributed by atoms with E-state index >= 15 is 0 Å². The number of halogens is 2. The Kier molecular flexibility index (Phi) is 8.15. The number of aromatic carboxylic acids is 1. The second-order valence-corrected chi connectivity index (χ2v) is 8.56. The molecule has 1 heterocycles. The fraction of sp³-hybridized carbons (Fsp3) is 0.292. The average molecular weight is 536 g/mol. The van der Waals surface area contributed by atoms with Crippen LogP contribution in [0.1, 0.15) is 49.5 Å². The third-order valence-corrected chi connectivity index (χ3v) is 5.79. The van der Waals surface area contributed by atoms with Crippen molar-refractivity contribution in [1.82, 2.24) is 0 Å². The van der Waals surface area contributed by atoms with E-state index in [-0.39, 0.29) is 16.5 Å². The van der Waals surface area contributed by atoms with Crippen LogP contribution in [0.4, 0.5) is 5.69 Å². The zero-order valence-corrected chi connectivity index (χ0v) is 20.9. The Morgan fingerprint density at radius 3 is 2.67 bits per heavy atom. The highest BCUT2D eigenvalue weighted by atomic mass is 79.9. The highest BCUT2D eigenvalue weighted by Crippen LogP contribution is 2.38. The van der Waals surface area contributed by atoms with E-state index in [1.807, 2.05) is 19.1 Å². The number of hydrazone groups is 1. The second-order valence-electron chi connectivity index (χ2n) is 7.29. The number of carboxylic acids is 1. The largest absolute Gasteiger partial charge is 0.490 e. The summed E-state index contributed by atoms with van der Waals surface area (Å²) in [5, 5.41) is 14.9. The summed E-state index contributed by atoms with van der Waals surface area (Å²) in [6, 6.07) is 7.98. The predicted molar refractivity (Wildman–Crippen MR) is 133 cm³/mol. The summed E-state index contributed by atoms with van der Waals surface area (Å²) in [5.74, 6) is -0.349. The van der Waals surface area contributed by atoms with Gasteiger partial charge in [-0.3, -0.25) is 4.79 Å². The minimum Gasteiger partial charge on any atom is -0.490 e. The highest BCUT2D eigenvalue weighted by Gasteiger charge is 2.29. The number of carboxylic acid groups (broad SMARTS) is 1. The summed E-state index contributed by atoms with van der Waals surface area (Å²) in [7, 11) is 0. The van der Waals surface area contributed by atoms with E-state index in [4.69, 9.17) is 21.1 Å². The van der Waals surface area contributed by atoms with E-state index < -0.39 is 5.97 Å². The molecule has 0 fully saturated rings. The molecule has 0 spiro atoms. The van der Waals surface area contributed by atoms with Gasteiger partial charge in [-0.1, -0.05) is 24.9 Å². The number of ether oxygens (including phenoxy) is 2. The third kappa shape index (κ3) is 5.57. The maximum absolute atomic E-state index is 13.1. The van der Waals surface area contributed by atoms with Crippen molar-refractivity contribution in [2.75, 3.05) is 18.2 Å². The van der Waals surface area contributed by atoms with Crippen LogP contribution in [0.2, 0.25) is 5.02 Å². The monoisotopic (exact) mass is 534 g/mol. The van der Waals surface area contributed by atoms with Crippen molar-refractivity contribution in [3.63, 3.8) is 0 Å². The first-order valence-electron chi connectivity index (χ1n) is 10.5. The van der Waals surface area contributed by atoms with Crippen molar-refractivity contribution >= 4 is 56.9 Å². The maximum Gasteiger partial charge on any atom is 0.337 e. The lowest BCUT2D eigenvalue weighted by atomic mass is 10.1. The summed E-state index contributed by atoms with van der Waals surface area (Å²) in [5.41, 5.74) is 1.84. The van der Waals surface area contributed by atoms with Gasteiger partial charge in [0, 0.05) is 0 Å². The van der Waals surface area contributed by atoms with Crippen LogP contribution in [0.5, 0.6) is 11.5 Å². The van der Waals surface area contributed by atoms with E-state index in [0.29, 0.717) is 41.7 Å². The molecule has 0 atom stereocenters. The third-order valence-electron chi connectivity index (χ3n) is 4.87. The van der Waals surface area contributed by atoms with Crippen molar-refractivity contribution in [2.45, 2.75) is 33.6 Å². The molecule has 3 rings (SSSR count). The summed E-state index contributed by atoms with van der Waals surface area (Å²) in [6.45, 7) is 6.75. The molecular formula is C24H24BrClN2O5. The standard InChI is InChI=1S/C24H24BrClN2O5/c1-4-6-9-33-22-19(25)11-15(12-21(22)32-5-2)10-17-14(3)27-28(23(17)29)16-7-8-20(26)18(13-16)24(30)31/h7-8,10-13H,4-6,9H2,1-3H3,(H,30,31)/b17-10-. The molecule has 1 aliphatic rings. The van der Waals surface area contributed by atoms with Gasteiger partial charge in [0.25, 0.3) is 5.91 Å². The van der Waals surface area contributed by atoms with Crippen molar-refractivity contribution in [3.05, 3.63) is 56.5 Å². The van der Waals surface area contributed by atoms with Crippen LogP contribution in [0.15, 0.2) is 45.5 Å². The molecule has 2 aromatic carbocycles. The average Bonchev–Trinajstić information content (AvgIpc) is 3.04. The van der Waals surface area contributed by atoms with Gasteiger partial charge >= 0.3 is 5.97 Å². The lowest BCUT2D eigenvalue weighted by Gasteiger charge is -2.15. The number of hydrogen-bond donors (Lipinski definition) is 1. The molecule has 0 saturated heterocycles. The summed E-state index contributed by atoms with van der Waals surface area (Å²) in [4.78, 5) is 24.5. The summed E-state index contributed by atoms with van der Waals surface area (Å²) >= 11 is 9.50. The van der Waals surface area contributed by atoms with Gasteiger partial charge in [0.2, 0.25) is 0 Å². The van der Waals surface area contributed by atoms with E-state index in [2.05, 4.69) is 28.0 Å². The molecule has 1 N–H and O–H groups in total. The number of amides is 1. The Balaban J connectivity index is 1.94. The van der Waals surface area contributed by atoms with E-state index in [0.717, 1.165) is 22.9 Å². The lowest BCUT2D eigenvalue weighted by molar-refractivity contribution is -0.114. The van der Waals surface area contributed by atoms with Gasteiger partial charge in [-0.25, -0.2) is 4.79 Å². The Hall–Kier alpha value is -2.84. The predicted octanol–water partition coefficient (Wildman–Crippen LogP) is 6.18. The number of benzene rings is 2. The Bertz CT molecular complexity index is 1150. The molecule has 2 aromatic rings. The zero-order valence-electron chi connectivity index (χ0n) is 18.5. The fourth-order valence-corrected chi connectivity index (χ4v) is 4.00. The molecule has 0 saturated carbocycles. The zero-order chi connectivity index (χ0) is 24.1. The smallest absolute Gasteiger partial charge is 0.337 e. The fourth-order valence-electron chi connectivity index (χ4n) is 3.23. The van der Waals surface area contributed by atoms with Gasteiger partial charge in [0.1, 0.15) is 0 Å². The van der Waals surface area contributed by atoms with Crippen LogP contribution < -0.4 is 14.5 Å². The topological polar surface area (TPSA) is 88.4 Å². The minimum atomic E-state index is -1.18. The van der Waals surface area contributed by atoms with E-state index in [9.17, 15) is 14.7 Å². The Morgan fingerprint density at radius 2 is 2.00 bits per heavy atom. The molecule has 0 aromatic heterocycles. The van der Waals surface area contributed by atoms with Crippen LogP contribution in [0.3, 0.4) is 0 Å². The number of carbonyl (C=O) groups is 2. The van der Waals surface area contributed by atoms with Crippen molar-refractivity contribution in [3.8, 4) is 11.5 Å². The van der Waals surface area contributed by atoms with Crippen LogP contribution >= 0.6 is 27.5 Å². The van der Waals surface area contributed by atoms with Gasteiger partial charge in [-0.2, -0.15) is 10.1 Å². The molecule has 0 radical (unpaired) electrons. The first kappa shape index (κ1) is 24.8. The number of anilines is 1. The van der Waals surface area contributed by atoms with Crippen molar-refractivity contribution < 1.29 is 24.2 Å². The Morgan fingerprint density at radius 1 is 1.24 bits per heavy atom. The van der Waals surface area contributed by atoms with Crippen LogP contribution in [0.25, 0.3) is 6.08 Å². The second kappa shape index (κ2) is 10.9. The number of nitrogens with zero attached hydrogens (tertiary/aromatic N) is 2. The first-order chi connectivity index (χ1) is 15.8. The van der Waals surface area contributed by atoms with Crippen molar-refractivity contribution in [1.29, 1.82) is 0 Å². The number of hydrogen-bond acceptors (Lipinski definition) is 5. The van der Waals surface area contributed by atoms with Gasteiger partial charge in [-0.05, 0) is 78.2 Å². The first-order valence-corrected chi connectivity index (χ1v) is 11.7. The maximum atomic E-state index is 13.1. The SMILES string of the molecule is CCCCOc1c(Br)cc(/C=C2\C(=O)N(c3ccc(Cl)c(C(=O)O)c3)N=C2C)cc1OCC. The van der Waals surface area contributed by atoms with E-state index in [1.165, 1.54) is 17.1 Å². The molecule has 33 heavy (non-hydrogen) atoms. The summed E-state index contributed by atoms with van der Waals surface area (Å²) < 4.78 is 12.4. The Labute approximate surface area is 205 Å². The molecule has 0 aliphatic carbocycles. The van der Waals surface area contributed by atoms with E-state index in [1.54, 1.807) is 19.1 Å². The number of unbranched alkanes of at least 4 members (excludes halogenated alkanes) is 1. The minimum absolute atomic E-state index is 0.0870. The van der Waals surface area contributed by atoms with Crippen LogP contribution in [0, 0.1) is 0 Å². The summed E-state index contributed by atoms with van der Waals surface area (Å²) in [6.07, 6.45) is 3.67. The van der Waals surface area contributed by atoms with Gasteiger partial charge in [0.05, 0.1) is 45.2 Å². The lowest BCUT2D eigenvalue weighted by Crippen LogP contribution is -2.21. The normalized spacial score (nSPS) is 14.6. The van der Waals surface area contributed by atoms with Gasteiger partial charge in [-0.15, -0.1) is 0 Å². The van der Waals surface area contributed by atoms with Crippen LogP contribution in [-0.4, -0.2) is 35.9 Å². The molecule has 0 bridgehead atoms. The van der Waals surface area contributed by atoms with Crippen molar-refractivity contribution in [2.24, 2.45) is 5.10 Å². The molecular weight excluding hydrogens is 512 g/mol. The van der Waals surface area contributed by atoms with Crippen LogP contribution in [-0.2, 0) is 4.79 Å². The quantitative estimate of drug-likeness (QED) is 0.306. The molecule has 174 valence electrons. The molecule has 9 heteroatoms. The molecule has 7 nitrogen and oxygen atoms in total. The highest BCUT2D eigenvalue weighted by molar-refractivity contribution is 9.10. The van der Waals surface area contributed by atoms with Gasteiger partial charge < -0.3 is 14.6 Å². The number of carbonyl (C=O) groups excluding carboxylic acids is 1. The molecule has 1 aliphatic heterocycles. The molecule has 0 unspecified atom stereocenters. The van der Waals surface area contributed by atoms with Gasteiger partial charge in [0.15, 0.2) is 11.5 Å². The molecule has 1 amide bonds.